The second-order valence-corrected chi connectivity index (χ2v) is 23.8. The van der Waals surface area contributed by atoms with Crippen LogP contribution in [0.15, 0.2) is 193 Å². The number of phenols is 1. The summed E-state index contributed by atoms with van der Waals surface area (Å²) in [6, 6.07) is 66.1. The minimum absolute atomic E-state index is 0.220. The van der Waals surface area contributed by atoms with Crippen LogP contribution in [0.3, 0.4) is 0 Å². The van der Waals surface area contributed by atoms with E-state index in [0.717, 1.165) is 38.4 Å². The van der Waals surface area contributed by atoms with E-state index in [1.165, 1.54) is 21.2 Å². The molecule has 0 saturated carbocycles. The average Bonchev–Trinajstić information content (AvgIpc) is 3.18. The van der Waals surface area contributed by atoms with Crippen LogP contribution < -0.4 is 21.2 Å². The number of halogens is 3. The Morgan fingerprint density at radius 1 is 0.500 bits per heavy atom. The van der Waals surface area contributed by atoms with Crippen LogP contribution in [-0.2, 0) is 14.7 Å². The molecule has 0 heterocycles. The Morgan fingerprint density at radius 3 is 1.46 bits per heavy atom. The predicted octanol–water partition coefficient (Wildman–Crippen LogP) is 11.5. The van der Waals surface area contributed by atoms with E-state index in [2.05, 4.69) is 170 Å². The maximum absolute atomic E-state index is 11.9. The van der Waals surface area contributed by atoms with Crippen molar-refractivity contribution in [2.75, 3.05) is 0 Å². The van der Waals surface area contributed by atoms with Crippen molar-refractivity contribution in [2.24, 2.45) is 4.99 Å². The standard InChI is InChI=1S/C45H34NOP.3ClH.Ti/c47-45-35(19-16-28-41(45)44-39-26-12-10-17-33(39)31-34-18-11-13-27-40(34)44)32-46-42-29-14-15-30-43(42)48(36-20-4-1-5-21-36,37-22-6-2-7-23-37)38-24-8-3-9-25-38;;;;/h1-32,47-48H;3*1H;/q;;;;+3/p-3. The van der Waals surface area contributed by atoms with E-state index in [4.69, 9.17) is 32.9 Å². The van der Waals surface area contributed by atoms with Crippen LogP contribution >= 0.6 is 35.2 Å². The van der Waals surface area contributed by atoms with Crippen molar-refractivity contribution < 1.29 is 19.8 Å². The molecule has 2 nitrogen and oxygen atoms in total. The first-order valence-corrected chi connectivity index (χ1v) is 25.3. The summed E-state index contributed by atoms with van der Waals surface area (Å²) in [7, 11) is 12.1. The first-order chi connectivity index (χ1) is 25.5. The zero-order valence-electron chi connectivity index (χ0n) is 28.0. The van der Waals surface area contributed by atoms with Gasteiger partial charge in [0, 0.05) is 0 Å². The van der Waals surface area contributed by atoms with E-state index >= 15 is 0 Å². The zero-order chi connectivity index (χ0) is 35.9. The molecule has 8 aromatic carbocycles. The molecule has 0 unspecified atom stereocenters. The number of aliphatic imine (C=N–C) groups is 1. The van der Waals surface area contributed by atoms with Gasteiger partial charge in [0.1, 0.15) is 0 Å². The second-order valence-electron chi connectivity index (χ2n) is 12.3. The number of hydrogen-bond donors (Lipinski definition) is 1. The fourth-order valence-electron chi connectivity index (χ4n) is 7.24. The zero-order valence-corrected chi connectivity index (χ0v) is 32.8. The molecule has 0 amide bonds. The number of benzene rings is 8. The molecule has 0 saturated heterocycles. The number of fused-ring (bicyclic) bond motifs is 2. The second kappa shape index (κ2) is 16.6. The molecule has 0 aliphatic heterocycles. The van der Waals surface area contributed by atoms with Crippen molar-refractivity contribution in [1.82, 2.24) is 0 Å². The topological polar surface area (TPSA) is 32.6 Å². The van der Waals surface area contributed by atoms with E-state index in [-0.39, 0.29) is 5.75 Å². The van der Waals surface area contributed by atoms with Crippen molar-refractivity contribution in [3.63, 3.8) is 0 Å². The van der Waals surface area contributed by atoms with Crippen molar-refractivity contribution in [3.05, 3.63) is 194 Å². The Hall–Kier alpha value is -4.24. The summed E-state index contributed by atoms with van der Waals surface area (Å²) < 4.78 is 0. The number of hydrogen-bond acceptors (Lipinski definition) is 2. The van der Waals surface area contributed by atoms with Crippen molar-refractivity contribution >= 4 is 89.8 Å². The van der Waals surface area contributed by atoms with Crippen LogP contribution in [0.1, 0.15) is 5.56 Å². The Morgan fingerprint density at radius 2 is 0.942 bits per heavy atom. The summed E-state index contributed by atoms with van der Waals surface area (Å²) in [6.45, 7) is 0. The van der Waals surface area contributed by atoms with E-state index in [0.29, 0.717) is 5.56 Å². The van der Waals surface area contributed by atoms with Gasteiger partial charge in [-0.25, -0.2) is 0 Å². The van der Waals surface area contributed by atoms with E-state index in [1.54, 1.807) is 0 Å². The molecule has 0 bridgehead atoms. The molecular weight excluding hydrogens is 756 g/mol. The van der Waals surface area contributed by atoms with Crippen molar-refractivity contribution in [1.29, 1.82) is 0 Å². The molecule has 255 valence electrons. The molecule has 8 rings (SSSR count). The summed E-state index contributed by atoms with van der Waals surface area (Å²) in [5.41, 5.74) is 3.38. The molecule has 0 aliphatic rings. The van der Waals surface area contributed by atoms with Gasteiger partial charge >= 0.3 is 325 Å². The summed E-state index contributed by atoms with van der Waals surface area (Å²) >= 11 is -1.92. The third kappa shape index (κ3) is 7.34. The van der Waals surface area contributed by atoms with Crippen LogP contribution in [0.4, 0.5) is 5.69 Å². The van der Waals surface area contributed by atoms with Crippen LogP contribution in [-0.4, -0.2) is 11.3 Å². The van der Waals surface area contributed by atoms with Crippen LogP contribution in [0.2, 0.25) is 0 Å². The maximum atomic E-state index is 11.9. The number of aromatic hydroxyl groups is 1. The molecular formula is C45H34Cl3NOPTi. The fraction of sp³-hybridized carbons (Fsp3) is 0. The van der Waals surface area contributed by atoms with Gasteiger partial charge in [-0.15, -0.1) is 0 Å². The first kappa shape index (κ1) is 36.1. The van der Waals surface area contributed by atoms with Crippen molar-refractivity contribution in [2.45, 2.75) is 0 Å². The summed E-state index contributed by atoms with van der Waals surface area (Å²) in [5.74, 6) is 0.220. The Kier molecular flexibility index (Phi) is 11.6. The van der Waals surface area contributed by atoms with Gasteiger partial charge < -0.3 is 0 Å². The van der Waals surface area contributed by atoms with Gasteiger partial charge in [-0.1, -0.05) is 0 Å². The summed E-state index contributed by atoms with van der Waals surface area (Å²) in [5, 5.41) is 21.5. The van der Waals surface area contributed by atoms with Gasteiger partial charge in [0.15, 0.2) is 0 Å². The van der Waals surface area contributed by atoms with Crippen LogP contribution in [0.25, 0.3) is 32.7 Å². The van der Waals surface area contributed by atoms with Gasteiger partial charge in [0.25, 0.3) is 0 Å². The van der Waals surface area contributed by atoms with Gasteiger partial charge in [-0.05, 0) is 0 Å². The molecule has 0 atom stereocenters. The Labute approximate surface area is 322 Å². The Balaban J connectivity index is 0.00000100. The number of nitrogens with zero attached hydrogens (tertiary/aromatic N) is 1. The molecule has 0 aliphatic carbocycles. The normalized spacial score (nSPS) is 11.7. The molecule has 0 fully saturated rings. The molecule has 0 aromatic heterocycles. The van der Waals surface area contributed by atoms with Crippen LogP contribution in [0, 0.1) is 0 Å². The van der Waals surface area contributed by atoms with Gasteiger partial charge in [0.2, 0.25) is 0 Å². The van der Waals surface area contributed by atoms with Crippen molar-refractivity contribution in [3.8, 4) is 16.9 Å². The molecule has 52 heavy (non-hydrogen) atoms. The number of phenolic OH excluding ortho intramolecular Hbond substituents is 1. The quantitative estimate of drug-likeness (QED) is 0.0742. The van der Waals surface area contributed by atoms with E-state index < -0.39 is 22.0 Å². The predicted molar refractivity (Wildman–Crippen MR) is 226 cm³/mol. The molecule has 8 aromatic rings. The third-order valence-corrected chi connectivity index (χ3v) is 14.2. The average molecular weight is 790 g/mol. The Bertz CT molecular complexity index is 2320. The van der Waals surface area contributed by atoms with Gasteiger partial charge in [-0.2, -0.15) is 0 Å². The van der Waals surface area contributed by atoms with Gasteiger partial charge in [0.05, 0.1) is 0 Å². The molecule has 0 spiro atoms. The SMILES string of the molecule is Oc1c(C=Nc2ccccc2[PH](c2ccccc2)(c2ccccc2)c2ccccc2)cccc1-c1c2ccccc2cc2ccccc12.[Cl][Ti]([Cl])[Cl]. The molecule has 0 radical (unpaired) electrons. The van der Waals surface area contributed by atoms with Crippen LogP contribution in [0.5, 0.6) is 5.75 Å². The first-order valence-electron chi connectivity index (χ1n) is 16.8. The number of rotatable bonds is 7. The van der Waals surface area contributed by atoms with E-state index in [1.807, 2.05) is 24.4 Å². The minimum atomic E-state index is -2.80. The summed E-state index contributed by atoms with van der Waals surface area (Å²) in [6.07, 6.45) is 1.82. The molecule has 1 N–H and O–H groups in total. The fourth-order valence-corrected chi connectivity index (χ4v) is 12.1. The number of para-hydroxylation sites is 2. The third-order valence-electron chi connectivity index (χ3n) is 9.38. The monoisotopic (exact) mass is 788 g/mol. The van der Waals surface area contributed by atoms with E-state index in [9.17, 15) is 5.11 Å². The van der Waals surface area contributed by atoms with Gasteiger partial charge in [-0.3, -0.25) is 0 Å². The molecule has 7 heteroatoms. The summed E-state index contributed by atoms with van der Waals surface area (Å²) in [4.78, 5) is 5.19.